The van der Waals surface area contributed by atoms with Gasteiger partial charge in [0.1, 0.15) is 23.5 Å². The van der Waals surface area contributed by atoms with E-state index in [0.29, 0.717) is 5.92 Å². The number of piperidine rings is 2. The van der Waals surface area contributed by atoms with Crippen LogP contribution in [0.15, 0.2) is 18.6 Å². The molecule has 1 N–H and O–H groups in total. The first kappa shape index (κ1) is 14.7. The van der Waals surface area contributed by atoms with E-state index in [4.69, 9.17) is 0 Å². The fraction of sp³-hybridized carbons (Fsp3) is 0.625. The van der Waals surface area contributed by atoms with Gasteiger partial charge in [-0.2, -0.15) is 4.31 Å². The van der Waals surface area contributed by atoms with Gasteiger partial charge in [-0.05, 0) is 31.2 Å². The molecular formula is C16H21N5O2S. The maximum absolute atomic E-state index is 12.8. The molecule has 0 spiro atoms. The fourth-order valence-corrected chi connectivity index (χ4v) is 7.15. The second-order valence-electron chi connectivity index (χ2n) is 7.14. The molecule has 1 aliphatic carbocycles. The summed E-state index contributed by atoms with van der Waals surface area (Å²) in [6, 6.07) is 2.11. The van der Waals surface area contributed by atoms with Crippen LogP contribution in [0.3, 0.4) is 0 Å². The van der Waals surface area contributed by atoms with Gasteiger partial charge >= 0.3 is 0 Å². The zero-order valence-electron chi connectivity index (χ0n) is 13.6. The zero-order chi connectivity index (χ0) is 16.5. The average molecular weight is 347 g/mol. The molecule has 2 aromatic heterocycles. The van der Waals surface area contributed by atoms with E-state index < -0.39 is 10.0 Å². The molecule has 2 bridgehead atoms. The van der Waals surface area contributed by atoms with Crippen molar-refractivity contribution in [3.05, 3.63) is 18.6 Å². The third-order valence-corrected chi connectivity index (χ3v) is 7.85. The molecule has 1 saturated carbocycles. The monoisotopic (exact) mass is 347 g/mol. The Morgan fingerprint density at radius 2 is 2.29 bits per heavy atom. The Morgan fingerprint density at radius 3 is 3.08 bits per heavy atom. The van der Waals surface area contributed by atoms with Gasteiger partial charge < -0.3 is 9.88 Å². The molecule has 2 saturated heterocycles. The normalized spacial score (nSPS) is 34.0. The Bertz CT molecular complexity index is 910. The van der Waals surface area contributed by atoms with E-state index in [1.54, 1.807) is 10.6 Å². The lowest BCUT2D eigenvalue weighted by Crippen LogP contribution is -2.46. The minimum absolute atomic E-state index is 0.142. The fourth-order valence-electron chi connectivity index (χ4n) is 4.88. The second kappa shape index (κ2) is 4.70. The summed E-state index contributed by atoms with van der Waals surface area (Å²) >= 11 is 0. The predicted octanol–water partition coefficient (Wildman–Crippen LogP) is 1.70. The first-order valence-corrected chi connectivity index (χ1v) is 10.3. The predicted molar refractivity (Wildman–Crippen MR) is 91.0 cm³/mol. The first-order chi connectivity index (χ1) is 11.6. The van der Waals surface area contributed by atoms with Crippen molar-refractivity contribution >= 4 is 26.9 Å². The lowest BCUT2D eigenvalue weighted by Gasteiger charge is -2.36. The number of aromatic amines is 1. The molecule has 7 nitrogen and oxygen atoms in total. The second-order valence-corrected chi connectivity index (χ2v) is 9.10. The van der Waals surface area contributed by atoms with Crippen LogP contribution < -0.4 is 4.90 Å². The largest absolute Gasteiger partial charge is 0.346 e. The van der Waals surface area contributed by atoms with E-state index in [0.717, 1.165) is 49.1 Å². The minimum atomic E-state index is -3.19. The third-order valence-electron chi connectivity index (χ3n) is 5.90. The number of nitrogens with zero attached hydrogens (tertiary/aromatic N) is 4. The number of anilines is 1. The van der Waals surface area contributed by atoms with Crippen molar-refractivity contribution in [3.63, 3.8) is 0 Å². The molecule has 128 valence electrons. The van der Waals surface area contributed by atoms with Crippen molar-refractivity contribution in [2.24, 2.45) is 5.92 Å². The van der Waals surface area contributed by atoms with Crippen LogP contribution in [0.1, 0.15) is 32.6 Å². The highest BCUT2D eigenvalue weighted by molar-refractivity contribution is 7.89. The maximum atomic E-state index is 12.8. The van der Waals surface area contributed by atoms with E-state index in [-0.39, 0.29) is 17.5 Å². The Balaban J connectivity index is 1.55. The van der Waals surface area contributed by atoms with E-state index in [1.165, 1.54) is 0 Å². The molecule has 0 aromatic carbocycles. The van der Waals surface area contributed by atoms with Crippen LogP contribution in [0.25, 0.3) is 11.0 Å². The highest BCUT2D eigenvalue weighted by atomic mass is 32.2. The third kappa shape index (κ3) is 1.68. The summed E-state index contributed by atoms with van der Waals surface area (Å²) in [6.45, 7) is 2.92. The van der Waals surface area contributed by atoms with Crippen LogP contribution in [0.2, 0.25) is 0 Å². The van der Waals surface area contributed by atoms with Gasteiger partial charge in [0.2, 0.25) is 10.0 Å². The van der Waals surface area contributed by atoms with Crippen molar-refractivity contribution in [3.8, 4) is 0 Å². The standard InChI is InChI=1S/C16H21N5O2S/c1-2-3-8-24(22,23)21-13-11-4-6-16(13,21)20(9-11)15-12-5-7-17-14(12)18-10-19-15/h5,7,10-11,13H,2-4,6,8-9H2,1H3,(H,17,18,19)/t11?,13-,16?,21?/m1/s1. The molecule has 3 unspecified atom stereocenters. The van der Waals surface area contributed by atoms with Gasteiger partial charge in [0.15, 0.2) is 0 Å². The minimum Gasteiger partial charge on any atom is -0.346 e. The van der Waals surface area contributed by atoms with Crippen molar-refractivity contribution in [2.45, 2.75) is 44.3 Å². The van der Waals surface area contributed by atoms with Crippen LogP contribution in [-0.2, 0) is 10.0 Å². The van der Waals surface area contributed by atoms with Crippen LogP contribution in [0.4, 0.5) is 5.82 Å². The molecular weight excluding hydrogens is 326 g/mol. The number of fused-ring (bicyclic) bond motifs is 1. The van der Waals surface area contributed by atoms with Gasteiger partial charge in [-0.1, -0.05) is 13.3 Å². The van der Waals surface area contributed by atoms with Crippen molar-refractivity contribution in [2.75, 3.05) is 17.2 Å². The Morgan fingerprint density at radius 1 is 1.42 bits per heavy atom. The number of hydrogen-bond acceptors (Lipinski definition) is 5. The highest BCUT2D eigenvalue weighted by Gasteiger charge is 2.80. The number of hydrogen-bond donors (Lipinski definition) is 1. The van der Waals surface area contributed by atoms with Crippen molar-refractivity contribution < 1.29 is 8.42 Å². The van der Waals surface area contributed by atoms with Crippen molar-refractivity contribution in [1.82, 2.24) is 19.3 Å². The lowest BCUT2D eigenvalue weighted by atomic mass is 10.1. The van der Waals surface area contributed by atoms with Gasteiger partial charge in [-0.3, -0.25) is 0 Å². The zero-order valence-corrected chi connectivity index (χ0v) is 14.5. The Hall–Kier alpha value is -1.67. The van der Waals surface area contributed by atoms with Crippen LogP contribution in [0.5, 0.6) is 0 Å². The number of nitrogens with one attached hydrogen (secondary N) is 1. The highest BCUT2D eigenvalue weighted by Crippen LogP contribution is 2.65. The van der Waals surface area contributed by atoms with E-state index in [9.17, 15) is 8.42 Å². The number of sulfonamides is 1. The van der Waals surface area contributed by atoms with E-state index in [1.807, 2.05) is 19.2 Å². The molecule has 8 heteroatoms. The van der Waals surface area contributed by atoms with Gasteiger partial charge in [0.25, 0.3) is 0 Å². The van der Waals surface area contributed by atoms with Gasteiger partial charge in [0.05, 0.1) is 17.2 Å². The Labute approximate surface area is 141 Å². The molecule has 2 aromatic rings. The summed E-state index contributed by atoms with van der Waals surface area (Å²) in [4.78, 5) is 14.1. The molecule has 24 heavy (non-hydrogen) atoms. The van der Waals surface area contributed by atoms with E-state index in [2.05, 4.69) is 19.9 Å². The van der Waals surface area contributed by atoms with Crippen LogP contribution in [-0.4, -0.2) is 51.7 Å². The molecule has 3 fully saturated rings. The summed E-state index contributed by atoms with van der Waals surface area (Å²) in [5.74, 6) is 1.54. The number of unbranched alkanes of at least 4 members (excludes halogenated alkanes) is 1. The van der Waals surface area contributed by atoms with E-state index >= 15 is 0 Å². The molecule has 4 heterocycles. The summed E-state index contributed by atoms with van der Waals surface area (Å²) < 4.78 is 27.4. The molecule has 0 radical (unpaired) electrons. The van der Waals surface area contributed by atoms with Gasteiger partial charge in [-0.25, -0.2) is 18.4 Å². The topological polar surface area (TPSA) is 82.0 Å². The van der Waals surface area contributed by atoms with Gasteiger partial charge in [-0.15, -0.1) is 0 Å². The maximum Gasteiger partial charge on any atom is 0.216 e. The van der Waals surface area contributed by atoms with Gasteiger partial charge in [0, 0.05) is 12.7 Å². The smallest absolute Gasteiger partial charge is 0.216 e. The van der Waals surface area contributed by atoms with Crippen LogP contribution in [0, 0.1) is 5.92 Å². The SMILES string of the molecule is CCCCS(=O)(=O)N1[C@@H]2C3CCC21N(c1ncnc2[nH]ccc12)C3. The number of rotatable bonds is 5. The molecule has 0 amide bonds. The lowest BCUT2D eigenvalue weighted by molar-refractivity contribution is 0.343. The summed E-state index contributed by atoms with van der Waals surface area (Å²) in [5.41, 5.74) is 0.437. The average Bonchev–Trinajstić information content (AvgIpc) is 2.93. The Kier molecular flexibility index (Phi) is 2.87. The molecule has 5 rings (SSSR count). The summed E-state index contributed by atoms with van der Waals surface area (Å²) in [6.07, 6.45) is 7.06. The molecule has 3 aliphatic rings. The number of H-pyrrole nitrogens is 1. The first-order valence-electron chi connectivity index (χ1n) is 8.67. The summed E-state index contributed by atoms with van der Waals surface area (Å²) in [7, 11) is -3.19. The van der Waals surface area contributed by atoms with Crippen molar-refractivity contribution in [1.29, 1.82) is 0 Å². The van der Waals surface area contributed by atoms with Crippen LogP contribution >= 0.6 is 0 Å². The summed E-state index contributed by atoms with van der Waals surface area (Å²) in [5, 5.41) is 0.969. The number of aromatic nitrogens is 3. The quantitative estimate of drug-likeness (QED) is 0.833. The molecule has 2 aliphatic heterocycles. The molecule has 4 atom stereocenters.